The molecule has 0 aliphatic heterocycles. The fourth-order valence-corrected chi connectivity index (χ4v) is 3.45. The van der Waals surface area contributed by atoms with Gasteiger partial charge in [0.15, 0.2) is 0 Å². The molecule has 0 spiro atoms. The van der Waals surface area contributed by atoms with Gasteiger partial charge in [0.2, 0.25) is 0 Å². The minimum atomic E-state index is -0.0543. The molecule has 94 valence electrons. The Labute approximate surface area is 119 Å². The number of rotatable bonds is 2. The van der Waals surface area contributed by atoms with Crippen LogP contribution in [-0.4, -0.2) is 5.91 Å². The molecule has 0 atom stereocenters. The first-order chi connectivity index (χ1) is 8.49. The van der Waals surface area contributed by atoms with E-state index >= 15 is 0 Å². The minimum Gasteiger partial charge on any atom is -0.321 e. The maximum Gasteiger partial charge on any atom is 0.256 e. The first-order valence-electron chi connectivity index (χ1n) is 5.60. The van der Waals surface area contributed by atoms with Gasteiger partial charge in [0, 0.05) is 9.85 Å². The van der Waals surface area contributed by atoms with E-state index in [2.05, 4.69) is 27.3 Å². The summed E-state index contributed by atoms with van der Waals surface area (Å²) in [6.07, 6.45) is 0. The van der Waals surface area contributed by atoms with Gasteiger partial charge in [-0.1, -0.05) is 6.07 Å². The van der Waals surface area contributed by atoms with Crippen LogP contribution in [0.1, 0.15) is 27.0 Å². The van der Waals surface area contributed by atoms with Crippen LogP contribution < -0.4 is 5.32 Å². The van der Waals surface area contributed by atoms with E-state index in [1.165, 1.54) is 5.56 Å². The summed E-state index contributed by atoms with van der Waals surface area (Å²) in [6.45, 7) is 5.97. The molecule has 0 saturated carbocycles. The summed E-state index contributed by atoms with van der Waals surface area (Å²) in [5, 5.41) is 6.83. The zero-order valence-electron chi connectivity index (χ0n) is 10.5. The molecule has 2 nitrogen and oxygen atoms in total. The Balaban J connectivity index is 2.31. The average molecular weight is 324 g/mol. The van der Waals surface area contributed by atoms with Gasteiger partial charge < -0.3 is 5.32 Å². The molecule has 0 unspecified atom stereocenters. The maximum atomic E-state index is 12.2. The van der Waals surface area contributed by atoms with Gasteiger partial charge in [-0.2, -0.15) is 11.3 Å². The van der Waals surface area contributed by atoms with Crippen LogP contribution in [0, 0.1) is 20.8 Å². The fourth-order valence-electron chi connectivity index (χ4n) is 1.85. The number of amides is 1. The van der Waals surface area contributed by atoms with E-state index < -0.39 is 0 Å². The molecule has 2 rings (SSSR count). The predicted molar refractivity (Wildman–Crippen MR) is 80.6 cm³/mol. The second kappa shape index (κ2) is 5.24. The van der Waals surface area contributed by atoms with Crippen LogP contribution in [0.15, 0.2) is 27.4 Å². The Morgan fingerprint density at radius 1 is 1.17 bits per heavy atom. The summed E-state index contributed by atoms with van der Waals surface area (Å²) < 4.78 is 0.918. The minimum absolute atomic E-state index is 0.0543. The van der Waals surface area contributed by atoms with Crippen molar-refractivity contribution in [3.05, 3.63) is 49.6 Å². The number of thiophene rings is 1. The molecule has 0 aliphatic carbocycles. The van der Waals surface area contributed by atoms with Gasteiger partial charge in [-0.25, -0.2) is 0 Å². The summed E-state index contributed by atoms with van der Waals surface area (Å²) >= 11 is 5.04. The molecule has 1 N–H and O–H groups in total. The highest BCUT2D eigenvalue weighted by Crippen LogP contribution is 2.28. The van der Waals surface area contributed by atoms with Crippen molar-refractivity contribution < 1.29 is 4.79 Å². The third kappa shape index (κ3) is 2.65. The van der Waals surface area contributed by atoms with Gasteiger partial charge in [0.25, 0.3) is 5.91 Å². The van der Waals surface area contributed by atoms with Gasteiger partial charge in [-0.05, 0) is 64.8 Å². The van der Waals surface area contributed by atoms with Crippen LogP contribution in [0.2, 0.25) is 0 Å². The summed E-state index contributed by atoms with van der Waals surface area (Å²) in [5.41, 5.74) is 4.83. The van der Waals surface area contributed by atoms with E-state index in [0.29, 0.717) is 0 Å². The highest BCUT2D eigenvalue weighted by atomic mass is 79.9. The Hall–Kier alpha value is -1.13. The number of carbonyl (C=O) groups is 1. The third-order valence-corrected chi connectivity index (χ3v) is 4.26. The lowest BCUT2D eigenvalue weighted by molar-refractivity contribution is 0.102. The number of benzene rings is 1. The fraction of sp³-hybridized carbons (Fsp3) is 0.214. The van der Waals surface area contributed by atoms with Crippen LogP contribution in [0.5, 0.6) is 0 Å². The smallest absolute Gasteiger partial charge is 0.256 e. The van der Waals surface area contributed by atoms with Crippen molar-refractivity contribution in [1.82, 2.24) is 0 Å². The number of hydrogen-bond donors (Lipinski definition) is 1. The maximum absolute atomic E-state index is 12.2. The van der Waals surface area contributed by atoms with Gasteiger partial charge >= 0.3 is 0 Å². The van der Waals surface area contributed by atoms with E-state index in [0.717, 1.165) is 26.9 Å². The topological polar surface area (TPSA) is 29.1 Å². The number of carbonyl (C=O) groups excluding carboxylic acids is 1. The van der Waals surface area contributed by atoms with Gasteiger partial charge in [0.05, 0.1) is 11.3 Å². The van der Waals surface area contributed by atoms with Crippen molar-refractivity contribution >= 4 is 38.9 Å². The van der Waals surface area contributed by atoms with Crippen LogP contribution in [-0.2, 0) is 0 Å². The Bertz CT molecular complexity index is 581. The third-order valence-electron chi connectivity index (χ3n) is 2.77. The molecule has 4 heteroatoms. The Morgan fingerprint density at radius 3 is 2.44 bits per heavy atom. The second-order valence-electron chi connectivity index (χ2n) is 4.36. The van der Waals surface area contributed by atoms with Crippen LogP contribution in [0.25, 0.3) is 0 Å². The molecule has 18 heavy (non-hydrogen) atoms. The Kier molecular flexibility index (Phi) is 3.88. The molecule has 0 saturated heterocycles. The molecule has 0 fully saturated rings. The van der Waals surface area contributed by atoms with E-state index in [9.17, 15) is 4.79 Å². The van der Waals surface area contributed by atoms with Crippen LogP contribution in [0.4, 0.5) is 5.69 Å². The first-order valence-corrected chi connectivity index (χ1v) is 7.33. The molecule has 1 amide bonds. The quantitative estimate of drug-likeness (QED) is 0.853. The summed E-state index contributed by atoms with van der Waals surface area (Å²) in [5.74, 6) is -0.0543. The lowest BCUT2D eigenvalue weighted by atomic mass is 10.1. The van der Waals surface area contributed by atoms with Gasteiger partial charge in [0.1, 0.15) is 0 Å². The van der Waals surface area contributed by atoms with Crippen molar-refractivity contribution in [3.63, 3.8) is 0 Å². The van der Waals surface area contributed by atoms with Crippen molar-refractivity contribution in [2.24, 2.45) is 0 Å². The lowest BCUT2D eigenvalue weighted by Gasteiger charge is -2.11. The lowest BCUT2D eigenvalue weighted by Crippen LogP contribution is -2.13. The molecular weight excluding hydrogens is 310 g/mol. The molecule has 0 radical (unpaired) electrons. The van der Waals surface area contributed by atoms with Crippen molar-refractivity contribution in [1.29, 1.82) is 0 Å². The second-order valence-corrected chi connectivity index (χ2v) is 5.96. The first kappa shape index (κ1) is 13.3. The number of aryl methyl sites for hydroxylation is 3. The van der Waals surface area contributed by atoms with Gasteiger partial charge in [-0.3, -0.25) is 4.79 Å². The summed E-state index contributed by atoms with van der Waals surface area (Å²) in [7, 11) is 0. The monoisotopic (exact) mass is 323 g/mol. The SMILES string of the molecule is Cc1cc(C)c(NC(=O)c2cscc2C)c(Br)c1. The summed E-state index contributed by atoms with van der Waals surface area (Å²) in [6, 6.07) is 4.06. The van der Waals surface area contributed by atoms with Crippen molar-refractivity contribution in [2.45, 2.75) is 20.8 Å². The number of nitrogens with one attached hydrogen (secondary N) is 1. The molecule has 1 heterocycles. The van der Waals surface area contributed by atoms with E-state index in [4.69, 9.17) is 0 Å². The Morgan fingerprint density at radius 2 is 1.89 bits per heavy atom. The molecule has 0 bridgehead atoms. The normalized spacial score (nSPS) is 10.4. The van der Waals surface area contributed by atoms with E-state index in [1.807, 2.05) is 37.6 Å². The van der Waals surface area contributed by atoms with E-state index in [-0.39, 0.29) is 5.91 Å². The van der Waals surface area contributed by atoms with Crippen molar-refractivity contribution in [2.75, 3.05) is 5.32 Å². The largest absolute Gasteiger partial charge is 0.321 e. The zero-order chi connectivity index (χ0) is 13.3. The molecule has 1 aromatic carbocycles. The number of anilines is 1. The van der Waals surface area contributed by atoms with Crippen LogP contribution in [0.3, 0.4) is 0 Å². The standard InChI is InChI=1S/C14H14BrNOS/c1-8-4-9(2)13(12(15)5-8)16-14(17)11-7-18-6-10(11)3/h4-7H,1-3H3,(H,16,17). The highest BCUT2D eigenvalue weighted by molar-refractivity contribution is 9.10. The predicted octanol–water partition coefficient (Wildman–Crippen LogP) is 4.69. The van der Waals surface area contributed by atoms with Crippen LogP contribution >= 0.6 is 27.3 Å². The molecular formula is C14H14BrNOS. The van der Waals surface area contributed by atoms with Gasteiger partial charge in [-0.15, -0.1) is 0 Å². The number of halogens is 1. The van der Waals surface area contributed by atoms with E-state index in [1.54, 1.807) is 11.3 Å². The molecule has 1 aromatic heterocycles. The molecule has 2 aromatic rings. The number of hydrogen-bond acceptors (Lipinski definition) is 2. The molecule has 0 aliphatic rings. The average Bonchev–Trinajstić information content (AvgIpc) is 2.69. The highest BCUT2D eigenvalue weighted by Gasteiger charge is 2.13. The van der Waals surface area contributed by atoms with Crippen molar-refractivity contribution in [3.8, 4) is 0 Å². The summed E-state index contributed by atoms with van der Waals surface area (Å²) in [4.78, 5) is 12.2. The zero-order valence-corrected chi connectivity index (χ0v) is 12.9.